The largest absolute Gasteiger partial charge is 0.454 e. The van der Waals surface area contributed by atoms with Crippen LogP contribution >= 0.6 is 0 Å². The number of nitrogens with one attached hydrogen (secondary N) is 1. The van der Waals surface area contributed by atoms with Gasteiger partial charge in [-0.05, 0) is 38.0 Å². The molecule has 0 saturated heterocycles. The minimum atomic E-state index is -0.180. The number of hydrogen-bond donors (Lipinski definition) is 1. The third-order valence-electron chi connectivity index (χ3n) is 3.74. The minimum Gasteiger partial charge on any atom is -0.454 e. The van der Waals surface area contributed by atoms with Crippen molar-refractivity contribution >= 4 is 5.91 Å². The highest BCUT2D eigenvalue weighted by molar-refractivity contribution is 5.96. The van der Waals surface area contributed by atoms with E-state index in [4.69, 9.17) is 14.0 Å². The Kier molecular flexibility index (Phi) is 3.75. The van der Waals surface area contributed by atoms with Crippen molar-refractivity contribution in [3.05, 3.63) is 40.8 Å². The SMILES string of the molecule is CCc1noc(C)c1C(=O)N[C@@H](C)c1ccc2c(c1)OCO2. The van der Waals surface area contributed by atoms with Gasteiger partial charge in [0.25, 0.3) is 5.91 Å². The molecular weight excluding hydrogens is 284 g/mol. The number of aryl methyl sites for hydroxylation is 2. The normalized spacial score (nSPS) is 14.0. The van der Waals surface area contributed by atoms with Crippen LogP contribution in [0.25, 0.3) is 0 Å². The summed E-state index contributed by atoms with van der Waals surface area (Å²) in [5.74, 6) is 1.78. The van der Waals surface area contributed by atoms with Gasteiger partial charge >= 0.3 is 0 Å². The fourth-order valence-corrected chi connectivity index (χ4v) is 2.48. The summed E-state index contributed by atoms with van der Waals surface area (Å²) in [5, 5.41) is 6.88. The van der Waals surface area contributed by atoms with E-state index < -0.39 is 0 Å². The van der Waals surface area contributed by atoms with Crippen LogP contribution in [0.5, 0.6) is 11.5 Å². The zero-order valence-corrected chi connectivity index (χ0v) is 12.8. The van der Waals surface area contributed by atoms with E-state index in [0.29, 0.717) is 29.2 Å². The molecule has 0 bridgehead atoms. The molecule has 0 radical (unpaired) electrons. The Morgan fingerprint density at radius 2 is 2.14 bits per heavy atom. The predicted molar refractivity (Wildman–Crippen MR) is 79.1 cm³/mol. The molecule has 1 amide bonds. The van der Waals surface area contributed by atoms with Crippen LogP contribution in [0.3, 0.4) is 0 Å². The third-order valence-corrected chi connectivity index (χ3v) is 3.74. The second kappa shape index (κ2) is 5.71. The van der Waals surface area contributed by atoms with Gasteiger partial charge in [0.15, 0.2) is 11.5 Å². The summed E-state index contributed by atoms with van der Waals surface area (Å²) >= 11 is 0. The van der Waals surface area contributed by atoms with Crippen LogP contribution in [0, 0.1) is 6.92 Å². The van der Waals surface area contributed by atoms with E-state index in [2.05, 4.69) is 10.5 Å². The molecule has 1 aromatic carbocycles. The summed E-state index contributed by atoms with van der Waals surface area (Å²) in [7, 11) is 0. The third kappa shape index (κ3) is 2.52. The highest BCUT2D eigenvalue weighted by atomic mass is 16.7. The molecule has 0 saturated carbocycles. The molecule has 1 aromatic heterocycles. The molecule has 6 heteroatoms. The molecule has 22 heavy (non-hydrogen) atoms. The van der Waals surface area contributed by atoms with Crippen molar-refractivity contribution in [3.8, 4) is 11.5 Å². The van der Waals surface area contributed by atoms with Crippen LogP contribution < -0.4 is 14.8 Å². The number of rotatable bonds is 4. The maximum Gasteiger partial charge on any atom is 0.257 e. The van der Waals surface area contributed by atoms with Gasteiger partial charge in [-0.1, -0.05) is 18.1 Å². The minimum absolute atomic E-state index is 0.166. The van der Waals surface area contributed by atoms with Crippen molar-refractivity contribution in [3.63, 3.8) is 0 Å². The number of carbonyl (C=O) groups is 1. The summed E-state index contributed by atoms with van der Waals surface area (Å²) in [4.78, 5) is 12.5. The maximum absolute atomic E-state index is 12.5. The fraction of sp³-hybridized carbons (Fsp3) is 0.375. The van der Waals surface area contributed by atoms with Gasteiger partial charge in [0.1, 0.15) is 11.3 Å². The van der Waals surface area contributed by atoms with Gasteiger partial charge in [-0.25, -0.2) is 0 Å². The van der Waals surface area contributed by atoms with Crippen molar-refractivity contribution in [1.82, 2.24) is 10.5 Å². The van der Waals surface area contributed by atoms with Gasteiger partial charge in [0.2, 0.25) is 6.79 Å². The lowest BCUT2D eigenvalue weighted by Gasteiger charge is -2.14. The summed E-state index contributed by atoms with van der Waals surface area (Å²) in [6.45, 7) is 5.84. The van der Waals surface area contributed by atoms with Crippen LogP contribution in [-0.2, 0) is 6.42 Å². The van der Waals surface area contributed by atoms with Crippen LogP contribution in [0.1, 0.15) is 47.3 Å². The quantitative estimate of drug-likeness (QED) is 0.940. The van der Waals surface area contributed by atoms with Gasteiger partial charge in [-0.2, -0.15) is 0 Å². The Balaban J connectivity index is 1.77. The van der Waals surface area contributed by atoms with E-state index in [1.165, 1.54) is 0 Å². The highest BCUT2D eigenvalue weighted by Crippen LogP contribution is 2.34. The van der Waals surface area contributed by atoms with Crippen molar-refractivity contribution in [2.24, 2.45) is 0 Å². The number of amides is 1. The molecule has 2 aromatic rings. The first-order valence-electron chi connectivity index (χ1n) is 7.25. The number of fused-ring (bicyclic) bond motifs is 1. The number of aromatic nitrogens is 1. The van der Waals surface area contributed by atoms with Gasteiger partial charge in [0.05, 0.1) is 11.7 Å². The summed E-state index contributed by atoms with van der Waals surface area (Å²) in [6.07, 6.45) is 0.651. The molecule has 1 aliphatic heterocycles. The number of benzene rings is 1. The second-order valence-corrected chi connectivity index (χ2v) is 5.22. The van der Waals surface area contributed by atoms with Crippen LogP contribution in [0.4, 0.5) is 0 Å². The predicted octanol–water partition coefficient (Wildman–Crippen LogP) is 2.77. The van der Waals surface area contributed by atoms with Crippen molar-refractivity contribution in [1.29, 1.82) is 0 Å². The summed E-state index contributed by atoms with van der Waals surface area (Å²) < 4.78 is 15.8. The molecular formula is C16H18N2O4. The monoisotopic (exact) mass is 302 g/mol. The molecule has 0 spiro atoms. The molecule has 3 rings (SSSR count). The first-order chi connectivity index (χ1) is 10.6. The van der Waals surface area contributed by atoms with E-state index in [1.807, 2.05) is 32.0 Å². The second-order valence-electron chi connectivity index (χ2n) is 5.22. The van der Waals surface area contributed by atoms with Crippen LogP contribution in [0.15, 0.2) is 22.7 Å². The molecule has 6 nitrogen and oxygen atoms in total. The van der Waals surface area contributed by atoms with Gasteiger partial charge < -0.3 is 19.3 Å². The number of nitrogens with zero attached hydrogens (tertiary/aromatic N) is 1. The topological polar surface area (TPSA) is 73.6 Å². The van der Waals surface area contributed by atoms with E-state index >= 15 is 0 Å². The Labute approximate surface area is 128 Å². The standard InChI is InChI=1S/C16H18N2O4/c1-4-12-15(10(3)22-18-12)16(19)17-9(2)11-5-6-13-14(7-11)21-8-20-13/h5-7,9H,4,8H2,1-3H3,(H,17,19)/t9-/m0/s1. The molecule has 1 aliphatic rings. The lowest BCUT2D eigenvalue weighted by Crippen LogP contribution is -2.27. The lowest BCUT2D eigenvalue weighted by molar-refractivity contribution is 0.0937. The molecule has 0 aliphatic carbocycles. The fourth-order valence-electron chi connectivity index (χ4n) is 2.48. The van der Waals surface area contributed by atoms with E-state index in [-0.39, 0.29) is 18.7 Å². The van der Waals surface area contributed by atoms with Gasteiger partial charge in [-0.3, -0.25) is 4.79 Å². The van der Waals surface area contributed by atoms with Gasteiger partial charge in [0, 0.05) is 0 Å². The van der Waals surface area contributed by atoms with Crippen LogP contribution in [0.2, 0.25) is 0 Å². The zero-order chi connectivity index (χ0) is 15.7. The molecule has 1 N–H and O–H groups in total. The number of hydrogen-bond acceptors (Lipinski definition) is 5. The Hall–Kier alpha value is -2.50. The summed E-state index contributed by atoms with van der Waals surface area (Å²) in [6, 6.07) is 5.48. The summed E-state index contributed by atoms with van der Waals surface area (Å²) in [5.41, 5.74) is 2.15. The molecule has 1 atom stereocenters. The molecule has 116 valence electrons. The van der Waals surface area contributed by atoms with Crippen molar-refractivity contribution in [2.75, 3.05) is 6.79 Å². The van der Waals surface area contributed by atoms with Crippen molar-refractivity contribution < 1.29 is 18.8 Å². The number of carbonyl (C=O) groups excluding carboxylic acids is 1. The number of ether oxygens (including phenoxy) is 2. The smallest absolute Gasteiger partial charge is 0.257 e. The Morgan fingerprint density at radius 1 is 1.36 bits per heavy atom. The average Bonchev–Trinajstić information content (AvgIpc) is 3.11. The zero-order valence-electron chi connectivity index (χ0n) is 12.8. The molecule has 0 unspecified atom stereocenters. The lowest BCUT2D eigenvalue weighted by atomic mass is 10.1. The molecule has 2 heterocycles. The van der Waals surface area contributed by atoms with Gasteiger partial charge in [-0.15, -0.1) is 0 Å². The first-order valence-corrected chi connectivity index (χ1v) is 7.25. The first kappa shape index (κ1) is 14.4. The van der Waals surface area contributed by atoms with E-state index in [1.54, 1.807) is 6.92 Å². The van der Waals surface area contributed by atoms with Crippen molar-refractivity contribution in [2.45, 2.75) is 33.2 Å². The molecule has 0 fully saturated rings. The average molecular weight is 302 g/mol. The Morgan fingerprint density at radius 3 is 2.91 bits per heavy atom. The van der Waals surface area contributed by atoms with Crippen LogP contribution in [-0.4, -0.2) is 17.9 Å². The maximum atomic E-state index is 12.5. The van der Waals surface area contributed by atoms with E-state index in [0.717, 1.165) is 11.3 Å². The Bertz CT molecular complexity index is 708. The highest BCUT2D eigenvalue weighted by Gasteiger charge is 2.22. The van der Waals surface area contributed by atoms with E-state index in [9.17, 15) is 4.79 Å².